The summed E-state index contributed by atoms with van der Waals surface area (Å²) in [7, 11) is 0. The standard InChI is InChI=1S/C16H19N3O/c1-4-18-12(3)14(10-17-18)16(20)19-11(2)9-13-7-5-6-8-15(13)19/h5-8,10-11H,4,9H2,1-3H3/t11-/m1/s1. The van der Waals surface area contributed by atoms with Gasteiger partial charge in [-0.25, -0.2) is 0 Å². The van der Waals surface area contributed by atoms with E-state index in [2.05, 4.69) is 18.1 Å². The van der Waals surface area contributed by atoms with Gasteiger partial charge in [-0.2, -0.15) is 5.10 Å². The average Bonchev–Trinajstić information content (AvgIpc) is 2.97. The third-order valence-electron chi connectivity index (χ3n) is 4.06. The van der Waals surface area contributed by atoms with E-state index >= 15 is 0 Å². The van der Waals surface area contributed by atoms with Gasteiger partial charge >= 0.3 is 0 Å². The van der Waals surface area contributed by atoms with E-state index in [4.69, 9.17) is 0 Å². The van der Waals surface area contributed by atoms with Crippen molar-refractivity contribution in [2.75, 3.05) is 4.90 Å². The fraction of sp³-hybridized carbons (Fsp3) is 0.375. The van der Waals surface area contributed by atoms with Crippen molar-refractivity contribution in [3.05, 3.63) is 47.3 Å². The van der Waals surface area contributed by atoms with Crippen LogP contribution in [0.5, 0.6) is 0 Å². The molecule has 1 amide bonds. The Hall–Kier alpha value is -2.10. The molecular weight excluding hydrogens is 250 g/mol. The number of carbonyl (C=O) groups excluding carboxylic acids is 1. The minimum atomic E-state index is 0.0552. The van der Waals surface area contributed by atoms with E-state index < -0.39 is 0 Å². The van der Waals surface area contributed by atoms with Gasteiger partial charge in [-0.1, -0.05) is 18.2 Å². The van der Waals surface area contributed by atoms with Gasteiger partial charge in [0, 0.05) is 24.0 Å². The Bertz CT molecular complexity index is 659. The molecule has 0 aliphatic carbocycles. The zero-order chi connectivity index (χ0) is 14.3. The lowest BCUT2D eigenvalue weighted by molar-refractivity contribution is 0.0981. The first-order chi connectivity index (χ1) is 9.63. The van der Waals surface area contributed by atoms with Gasteiger partial charge in [0.25, 0.3) is 5.91 Å². The Balaban J connectivity index is 2.00. The predicted octanol–water partition coefficient (Wildman–Crippen LogP) is 2.80. The van der Waals surface area contributed by atoms with Crippen LogP contribution in [0.2, 0.25) is 0 Å². The number of hydrogen-bond acceptors (Lipinski definition) is 2. The van der Waals surface area contributed by atoms with Crippen LogP contribution in [-0.2, 0) is 13.0 Å². The summed E-state index contributed by atoms with van der Waals surface area (Å²) in [5, 5.41) is 4.28. The van der Waals surface area contributed by atoms with Crippen LogP contribution < -0.4 is 4.90 Å². The fourth-order valence-corrected chi connectivity index (χ4v) is 2.98. The van der Waals surface area contributed by atoms with Crippen LogP contribution in [0.4, 0.5) is 5.69 Å². The van der Waals surface area contributed by atoms with E-state index in [-0.39, 0.29) is 11.9 Å². The van der Waals surface area contributed by atoms with Gasteiger partial charge in [0.15, 0.2) is 0 Å². The molecule has 1 atom stereocenters. The van der Waals surface area contributed by atoms with Gasteiger partial charge < -0.3 is 4.90 Å². The molecule has 104 valence electrons. The van der Waals surface area contributed by atoms with E-state index in [0.29, 0.717) is 5.56 Å². The molecule has 0 unspecified atom stereocenters. The number of benzene rings is 1. The molecule has 3 rings (SSSR count). The zero-order valence-electron chi connectivity index (χ0n) is 12.1. The van der Waals surface area contributed by atoms with Crippen molar-refractivity contribution >= 4 is 11.6 Å². The van der Waals surface area contributed by atoms with Gasteiger partial charge in [0.2, 0.25) is 0 Å². The van der Waals surface area contributed by atoms with E-state index in [9.17, 15) is 4.79 Å². The number of anilines is 1. The van der Waals surface area contributed by atoms with Gasteiger partial charge in [0.1, 0.15) is 0 Å². The van der Waals surface area contributed by atoms with Crippen molar-refractivity contribution in [3.63, 3.8) is 0 Å². The number of fused-ring (bicyclic) bond motifs is 1. The Morgan fingerprint density at radius 1 is 1.40 bits per heavy atom. The third kappa shape index (κ3) is 1.83. The summed E-state index contributed by atoms with van der Waals surface area (Å²) in [5.41, 5.74) is 3.92. The topological polar surface area (TPSA) is 38.1 Å². The molecule has 0 fully saturated rings. The van der Waals surface area contributed by atoms with Crippen LogP contribution in [0.25, 0.3) is 0 Å². The van der Waals surface area contributed by atoms with Crippen molar-refractivity contribution in [1.29, 1.82) is 0 Å². The van der Waals surface area contributed by atoms with Crippen molar-refractivity contribution in [3.8, 4) is 0 Å². The molecule has 0 bridgehead atoms. The molecule has 1 aliphatic rings. The Morgan fingerprint density at radius 3 is 2.85 bits per heavy atom. The van der Waals surface area contributed by atoms with Crippen molar-refractivity contribution in [1.82, 2.24) is 9.78 Å². The second-order valence-corrected chi connectivity index (χ2v) is 5.32. The number of nitrogens with zero attached hydrogens (tertiary/aromatic N) is 3. The van der Waals surface area contributed by atoms with Gasteiger partial charge in [-0.3, -0.25) is 9.48 Å². The SMILES string of the molecule is CCn1ncc(C(=O)N2c3ccccc3C[C@H]2C)c1C. The highest BCUT2D eigenvalue weighted by Gasteiger charge is 2.32. The highest BCUT2D eigenvalue weighted by molar-refractivity contribution is 6.08. The summed E-state index contributed by atoms with van der Waals surface area (Å²) in [6.07, 6.45) is 2.61. The highest BCUT2D eigenvalue weighted by Crippen LogP contribution is 2.33. The quantitative estimate of drug-likeness (QED) is 0.840. The number of para-hydroxylation sites is 1. The van der Waals surface area contributed by atoms with Crippen LogP contribution in [0.15, 0.2) is 30.5 Å². The molecule has 0 saturated heterocycles. The van der Waals surface area contributed by atoms with E-state index in [0.717, 1.165) is 24.3 Å². The predicted molar refractivity (Wildman–Crippen MR) is 79.1 cm³/mol. The summed E-state index contributed by atoms with van der Waals surface area (Å²) in [6.45, 7) is 6.86. The minimum Gasteiger partial charge on any atom is -0.305 e. The van der Waals surface area contributed by atoms with Crippen LogP contribution in [0.3, 0.4) is 0 Å². The first-order valence-corrected chi connectivity index (χ1v) is 7.07. The van der Waals surface area contributed by atoms with Gasteiger partial charge in [-0.15, -0.1) is 0 Å². The molecule has 2 aromatic rings. The first kappa shape index (κ1) is 12.9. The smallest absolute Gasteiger partial charge is 0.262 e. The fourth-order valence-electron chi connectivity index (χ4n) is 2.98. The summed E-state index contributed by atoms with van der Waals surface area (Å²) in [5.74, 6) is 0.0552. The molecule has 0 saturated carbocycles. The monoisotopic (exact) mass is 269 g/mol. The maximum Gasteiger partial charge on any atom is 0.262 e. The van der Waals surface area contributed by atoms with Crippen LogP contribution in [0.1, 0.15) is 35.5 Å². The lowest BCUT2D eigenvalue weighted by atomic mass is 10.1. The third-order valence-corrected chi connectivity index (χ3v) is 4.06. The molecule has 20 heavy (non-hydrogen) atoms. The minimum absolute atomic E-state index is 0.0552. The molecule has 1 aromatic carbocycles. The summed E-state index contributed by atoms with van der Waals surface area (Å²) < 4.78 is 1.86. The average molecular weight is 269 g/mol. The molecule has 0 radical (unpaired) electrons. The largest absolute Gasteiger partial charge is 0.305 e. The Morgan fingerprint density at radius 2 is 2.15 bits per heavy atom. The van der Waals surface area contributed by atoms with Crippen LogP contribution in [0, 0.1) is 6.92 Å². The highest BCUT2D eigenvalue weighted by atomic mass is 16.2. The maximum atomic E-state index is 12.8. The number of carbonyl (C=O) groups is 1. The lowest BCUT2D eigenvalue weighted by Crippen LogP contribution is -2.36. The zero-order valence-corrected chi connectivity index (χ0v) is 12.1. The number of amides is 1. The Labute approximate surface area is 119 Å². The summed E-state index contributed by atoms with van der Waals surface area (Å²) in [4.78, 5) is 14.7. The normalized spacial score (nSPS) is 17.4. The molecular formula is C16H19N3O. The van der Waals surface area contributed by atoms with Crippen molar-refractivity contribution in [2.24, 2.45) is 0 Å². The molecule has 4 nitrogen and oxygen atoms in total. The lowest BCUT2D eigenvalue weighted by Gasteiger charge is -2.22. The maximum absolute atomic E-state index is 12.8. The van der Waals surface area contributed by atoms with E-state index in [1.807, 2.05) is 41.6 Å². The molecule has 1 aliphatic heterocycles. The molecule has 2 heterocycles. The first-order valence-electron chi connectivity index (χ1n) is 7.07. The molecule has 0 N–H and O–H groups in total. The van der Waals surface area contributed by atoms with Gasteiger partial charge in [0.05, 0.1) is 11.8 Å². The second kappa shape index (κ2) is 4.78. The van der Waals surface area contributed by atoms with Crippen molar-refractivity contribution < 1.29 is 4.79 Å². The second-order valence-electron chi connectivity index (χ2n) is 5.32. The van der Waals surface area contributed by atoms with Crippen LogP contribution >= 0.6 is 0 Å². The Kier molecular flexibility index (Phi) is 3.08. The van der Waals surface area contributed by atoms with E-state index in [1.54, 1.807) is 6.20 Å². The number of aromatic nitrogens is 2. The number of aryl methyl sites for hydroxylation is 1. The number of rotatable bonds is 2. The molecule has 4 heteroatoms. The van der Waals surface area contributed by atoms with Gasteiger partial charge in [-0.05, 0) is 38.8 Å². The van der Waals surface area contributed by atoms with E-state index in [1.165, 1.54) is 5.56 Å². The summed E-state index contributed by atoms with van der Waals surface area (Å²) in [6, 6.07) is 8.33. The summed E-state index contributed by atoms with van der Waals surface area (Å²) >= 11 is 0. The number of hydrogen-bond donors (Lipinski definition) is 0. The molecule has 0 spiro atoms. The molecule has 1 aromatic heterocycles. The van der Waals surface area contributed by atoms with Crippen LogP contribution in [-0.4, -0.2) is 21.7 Å². The van der Waals surface area contributed by atoms with Crippen molar-refractivity contribution in [2.45, 2.75) is 39.8 Å².